The molecule has 0 spiro atoms. The maximum atomic E-state index is 2.80. The minimum absolute atomic E-state index is 0.000500. The van der Waals surface area contributed by atoms with Gasteiger partial charge in [0.15, 0.2) is 0 Å². The van der Waals surface area contributed by atoms with Crippen LogP contribution in [-0.2, 0) is 43.3 Å². The van der Waals surface area contributed by atoms with E-state index >= 15 is 0 Å². The first-order valence-electron chi connectivity index (χ1n) is 32.3. The fraction of sp³-hybridized carbons (Fsp3) is 0.400. The van der Waals surface area contributed by atoms with E-state index < -0.39 is 0 Å². The number of fused-ring (bicyclic) bond motifs is 11. The molecular weight excluding hydrogens is 1050 g/mol. The van der Waals surface area contributed by atoms with Crippen molar-refractivity contribution in [1.82, 2.24) is 0 Å². The average molecular weight is 1130 g/mol. The number of rotatable bonds is 5. The van der Waals surface area contributed by atoms with Gasteiger partial charge in [-0.3, -0.25) is 0 Å². The highest BCUT2D eigenvalue weighted by molar-refractivity contribution is 7.33. The molecule has 0 saturated heterocycles. The maximum Gasteiger partial charge on any atom is 0.264 e. The minimum atomic E-state index is -0.0232. The molecule has 3 heterocycles. The summed E-state index contributed by atoms with van der Waals surface area (Å²) >= 11 is 2.09. The van der Waals surface area contributed by atoms with Gasteiger partial charge in [0.1, 0.15) is 0 Å². The fourth-order valence-corrected chi connectivity index (χ4v) is 18.4. The molecule has 0 amide bonds. The van der Waals surface area contributed by atoms with Crippen molar-refractivity contribution in [2.24, 2.45) is 0 Å². The summed E-state index contributed by atoms with van der Waals surface area (Å²) in [6.07, 6.45) is 9.34. The van der Waals surface area contributed by atoms with Gasteiger partial charge in [-0.2, -0.15) is 0 Å². The first-order valence-corrected chi connectivity index (χ1v) is 33.1. The molecular formula is C80H88BN3S. The molecule has 3 nitrogen and oxygen atoms in total. The Hall–Kier alpha value is -6.56. The van der Waals surface area contributed by atoms with Crippen LogP contribution in [0.2, 0.25) is 0 Å². The van der Waals surface area contributed by atoms with Crippen LogP contribution in [0.4, 0.5) is 51.2 Å². The van der Waals surface area contributed by atoms with Gasteiger partial charge in [0.2, 0.25) is 0 Å². The van der Waals surface area contributed by atoms with E-state index in [0.29, 0.717) is 0 Å². The van der Waals surface area contributed by atoms with E-state index in [1.165, 1.54) is 141 Å². The average Bonchev–Trinajstić information content (AvgIpc) is 2.26. The standard InChI is InChI=1S/C80H88BN3S/c1-73(2)32-34-75(5,6)59-41-53(28-30-57(59)73)83-66-47-63-62(78(11,12)37-38-79(63,13)14)46-65(66)81-70-67(83)43-55(82(51-24-18-17-19-25-51)52-27-26-49-22-20-21-23-50(49)40-52)44-68(70)84(54-29-31-58-60(42-54)76(7,8)35-33-74(58,3)4)71-56-45-61-64(48-69(56)85-72(71)81)80(15,16)39-36-77(61,9)10/h17-31,40-48H,32-39H2,1-16H3. The predicted molar refractivity (Wildman–Crippen MR) is 369 cm³/mol. The summed E-state index contributed by atoms with van der Waals surface area (Å²) < 4.78 is 2.86. The molecule has 9 aromatic rings. The Labute approximate surface area is 513 Å². The number of hydrogen-bond donors (Lipinski definition) is 0. The molecule has 2 aliphatic heterocycles. The Morgan fingerprint density at radius 2 is 0.800 bits per heavy atom. The highest BCUT2D eigenvalue weighted by Gasteiger charge is 2.50. The SMILES string of the molecule is CC1(C)CCC(C)(C)c2cc(N3c4cc5c(cc4B4c6sc7cc8c(cc7c6N(c6ccc7c(c6)C(C)(C)CCC7(C)C)c6cc(N(c7ccccc7)c7ccc9ccccc9c7)cc3c64)C(C)(C)CCC8(C)C)C(C)(C)CCC5(C)C)ccc21. The van der Waals surface area contributed by atoms with Crippen LogP contribution in [-0.4, -0.2) is 6.71 Å². The number of anilines is 9. The van der Waals surface area contributed by atoms with Gasteiger partial charge in [-0.15, -0.1) is 11.3 Å². The van der Waals surface area contributed by atoms with Crippen molar-refractivity contribution in [3.63, 3.8) is 0 Å². The Bertz CT molecular complexity index is 4290. The third-order valence-electron chi connectivity index (χ3n) is 23.0. The molecule has 0 atom stereocenters. The van der Waals surface area contributed by atoms with Crippen molar-refractivity contribution in [2.75, 3.05) is 14.7 Å². The van der Waals surface area contributed by atoms with Crippen LogP contribution in [0.25, 0.3) is 20.9 Å². The summed E-state index contributed by atoms with van der Waals surface area (Å²) in [4.78, 5) is 8.13. The lowest BCUT2D eigenvalue weighted by atomic mass is 9.35. The van der Waals surface area contributed by atoms with Gasteiger partial charge in [-0.1, -0.05) is 178 Å². The minimum Gasteiger partial charge on any atom is -0.311 e. The van der Waals surface area contributed by atoms with Crippen molar-refractivity contribution < 1.29 is 0 Å². The summed E-state index contributed by atoms with van der Waals surface area (Å²) in [5.74, 6) is 0. The highest BCUT2D eigenvalue weighted by Crippen LogP contribution is 2.58. The van der Waals surface area contributed by atoms with Crippen LogP contribution in [0.3, 0.4) is 0 Å². The van der Waals surface area contributed by atoms with Crippen LogP contribution in [0.15, 0.2) is 146 Å². The number of benzene rings is 8. The molecule has 0 unspecified atom stereocenters. The van der Waals surface area contributed by atoms with E-state index in [9.17, 15) is 0 Å². The van der Waals surface area contributed by atoms with Crippen molar-refractivity contribution in [3.05, 3.63) is 190 Å². The first kappa shape index (κ1) is 55.1. The zero-order valence-corrected chi connectivity index (χ0v) is 54.7. The van der Waals surface area contributed by atoms with Gasteiger partial charge >= 0.3 is 0 Å². The van der Waals surface area contributed by atoms with Crippen molar-refractivity contribution >= 4 is 106 Å². The van der Waals surface area contributed by atoms with E-state index in [1.807, 2.05) is 0 Å². The van der Waals surface area contributed by atoms with Crippen molar-refractivity contribution in [3.8, 4) is 0 Å². The van der Waals surface area contributed by atoms with Crippen LogP contribution in [0, 0.1) is 0 Å². The Morgan fingerprint density at radius 1 is 0.353 bits per heavy atom. The Balaban J connectivity index is 1.12. The number of nitrogens with zero attached hydrogens (tertiary/aromatic N) is 3. The molecule has 0 saturated carbocycles. The Morgan fingerprint density at radius 3 is 1.35 bits per heavy atom. The molecule has 5 heteroatoms. The van der Waals surface area contributed by atoms with E-state index in [-0.39, 0.29) is 50.0 Å². The van der Waals surface area contributed by atoms with Crippen LogP contribution >= 0.6 is 11.3 Å². The number of hydrogen-bond acceptors (Lipinski definition) is 4. The molecule has 0 radical (unpaired) electrons. The van der Waals surface area contributed by atoms with Gasteiger partial charge in [0, 0.05) is 54.7 Å². The van der Waals surface area contributed by atoms with E-state index in [0.717, 1.165) is 42.7 Å². The molecule has 432 valence electrons. The summed E-state index contributed by atoms with van der Waals surface area (Å²) in [6, 6.07) is 58.6. The van der Waals surface area contributed by atoms with Gasteiger partial charge < -0.3 is 14.7 Å². The molecule has 15 rings (SSSR count). The molecule has 0 N–H and O–H groups in total. The van der Waals surface area contributed by atoms with E-state index in [4.69, 9.17) is 0 Å². The third-order valence-corrected chi connectivity index (χ3v) is 24.3. The summed E-state index contributed by atoms with van der Waals surface area (Å²) in [5, 5.41) is 3.86. The second-order valence-electron chi connectivity index (χ2n) is 32.4. The lowest BCUT2D eigenvalue weighted by Gasteiger charge is -2.48. The van der Waals surface area contributed by atoms with E-state index in [1.54, 1.807) is 0 Å². The molecule has 4 aliphatic carbocycles. The van der Waals surface area contributed by atoms with Crippen molar-refractivity contribution in [1.29, 1.82) is 0 Å². The second-order valence-corrected chi connectivity index (χ2v) is 33.5. The lowest BCUT2D eigenvalue weighted by molar-refractivity contribution is 0.332. The fourth-order valence-electron chi connectivity index (χ4n) is 17.0. The highest BCUT2D eigenvalue weighted by atomic mass is 32.1. The second kappa shape index (κ2) is 18.0. The molecule has 1 aromatic heterocycles. The molecule has 85 heavy (non-hydrogen) atoms. The zero-order chi connectivity index (χ0) is 59.5. The van der Waals surface area contributed by atoms with Crippen LogP contribution < -0.4 is 30.4 Å². The third kappa shape index (κ3) is 8.23. The van der Waals surface area contributed by atoms with Gasteiger partial charge in [-0.25, -0.2) is 0 Å². The summed E-state index contributed by atoms with van der Waals surface area (Å²) in [7, 11) is 0. The summed E-state index contributed by atoms with van der Waals surface area (Å²) in [5.41, 5.74) is 26.3. The number of para-hydroxylation sites is 1. The van der Waals surface area contributed by atoms with Gasteiger partial charge in [0.25, 0.3) is 6.71 Å². The number of thiophene rings is 1. The molecule has 0 bridgehead atoms. The van der Waals surface area contributed by atoms with Crippen molar-refractivity contribution in [2.45, 2.75) is 205 Å². The monoisotopic (exact) mass is 1130 g/mol. The zero-order valence-electron chi connectivity index (χ0n) is 53.8. The quantitative estimate of drug-likeness (QED) is 0.159. The largest absolute Gasteiger partial charge is 0.311 e. The molecule has 8 aromatic carbocycles. The normalized spacial score (nSPS) is 20.8. The molecule has 0 fully saturated rings. The topological polar surface area (TPSA) is 9.72 Å². The Kier molecular flexibility index (Phi) is 11.7. The molecule has 6 aliphatic rings. The lowest BCUT2D eigenvalue weighted by Crippen LogP contribution is -2.61. The van der Waals surface area contributed by atoms with Crippen LogP contribution in [0.5, 0.6) is 0 Å². The smallest absolute Gasteiger partial charge is 0.264 e. The van der Waals surface area contributed by atoms with Gasteiger partial charge in [0.05, 0.1) is 11.4 Å². The van der Waals surface area contributed by atoms with Crippen LogP contribution in [0.1, 0.15) is 207 Å². The first-order chi connectivity index (χ1) is 40.1. The summed E-state index contributed by atoms with van der Waals surface area (Å²) in [6.45, 7) is 40.0. The van der Waals surface area contributed by atoms with Gasteiger partial charge in [-0.05, 0) is 240 Å². The van der Waals surface area contributed by atoms with E-state index in [2.05, 4.69) is 282 Å². The maximum absolute atomic E-state index is 2.80. The predicted octanol–water partition coefficient (Wildman–Crippen LogP) is 21.0.